The number of halogens is 1. The number of hydrogen-bond acceptors (Lipinski definition) is 4. The van der Waals surface area contributed by atoms with Gasteiger partial charge in [-0.1, -0.05) is 12.1 Å². The van der Waals surface area contributed by atoms with E-state index in [9.17, 15) is 9.18 Å². The second kappa shape index (κ2) is 7.05. The van der Waals surface area contributed by atoms with Crippen LogP contribution in [-0.4, -0.2) is 29.2 Å². The fraction of sp³-hybridized carbons (Fsp3) is 0.400. The van der Waals surface area contributed by atoms with E-state index in [-0.39, 0.29) is 18.0 Å². The molecule has 1 aromatic carbocycles. The maximum Gasteiger partial charge on any atom is 0.495 e. The Morgan fingerprint density at radius 3 is 2.44 bits per heavy atom. The van der Waals surface area contributed by atoms with Crippen molar-refractivity contribution in [1.29, 1.82) is 0 Å². The minimum atomic E-state index is -0.514. The van der Waals surface area contributed by atoms with E-state index in [1.807, 2.05) is 46.8 Å². The molecule has 0 spiro atoms. The molecule has 1 aliphatic rings. The average Bonchev–Trinajstić information content (AvgIpc) is 2.79. The molecule has 2 heterocycles. The Morgan fingerprint density at radius 2 is 1.81 bits per heavy atom. The zero-order chi connectivity index (χ0) is 19.8. The molecule has 27 heavy (non-hydrogen) atoms. The van der Waals surface area contributed by atoms with E-state index in [1.54, 1.807) is 6.07 Å². The third kappa shape index (κ3) is 3.89. The summed E-state index contributed by atoms with van der Waals surface area (Å²) < 4.78 is 25.9. The van der Waals surface area contributed by atoms with Gasteiger partial charge in [-0.15, -0.1) is 0 Å². The Kier molecular flexibility index (Phi) is 5.10. The molecule has 0 aliphatic carbocycles. The molecule has 1 aliphatic heterocycles. The number of benzene rings is 1. The van der Waals surface area contributed by atoms with Crippen molar-refractivity contribution in [1.82, 2.24) is 4.98 Å². The zero-order valence-electron chi connectivity index (χ0n) is 16.3. The second-order valence-corrected chi connectivity index (χ2v) is 7.76. The summed E-state index contributed by atoms with van der Waals surface area (Å²) in [6, 6.07) is 8.35. The van der Waals surface area contributed by atoms with Gasteiger partial charge < -0.3 is 14.6 Å². The molecule has 0 saturated carbocycles. The van der Waals surface area contributed by atoms with Crippen molar-refractivity contribution in [2.45, 2.75) is 52.2 Å². The fourth-order valence-electron chi connectivity index (χ4n) is 2.91. The largest absolute Gasteiger partial charge is 0.495 e. The van der Waals surface area contributed by atoms with Crippen LogP contribution in [0.25, 0.3) is 0 Å². The van der Waals surface area contributed by atoms with Gasteiger partial charge in [0.1, 0.15) is 5.82 Å². The Bertz CT molecular complexity index is 854. The van der Waals surface area contributed by atoms with Crippen molar-refractivity contribution in [3.8, 4) is 0 Å². The van der Waals surface area contributed by atoms with Crippen LogP contribution in [-0.2, 0) is 20.5 Å². The number of carbonyl (C=O) groups is 1. The van der Waals surface area contributed by atoms with Crippen molar-refractivity contribution in [2.75, 3.05) is 5.32 Å². The van der Waals surface area contributed by atoms with Gasteiger partial charge in [0, 0.05) is 11.9 Å². The van der Waals surface area contributed by atoms with Crippen LogP contribution in [0.5, 0.6) is 0 Å². The lowest BCUT2D eigenvalue weighted by molar-refractivity contribution is -0.115. The van der Waals surface area contributed by atoms with E-state index >= 15 is 0 Å². The van der Waals surface area contributed by atoms with Crippen LogP contribution in [0, 0.1) is 12.7 Å². The summed E-state index contributed by atoms with van der Waals surface area (Å²) in [5.74, 6) is -0.822. The third-order valence-electron chi connectivity index (χ3n) is 5.32. The van der Waals surface area contributed by atoms with Crippen LogP contribution >= 0.6 is 0 Å². The van der Waals surface area contributed by atoms with Crippen molar-refractivity contribution in [3.05, 3.63) is 53.6 Å². The highest BCUT2D eigenvalue weighted by atomic mass is 19.1. The first-order valence-electron chi connectivity index (χ1n) is 8.95. The first-order chi connectivity index (χ1) is 12.6. The van der Waals surface area contributed by atoms with Gasteiger partial charge in [0.05, 0.1) is 23.3 Å². The smallest absolute Gasteiger partial charge is 0.399 e. The molecule has 7 heteroatoms. The van der Waals surface area contributed by atoms with Gasteiger partial charge in [-0.25, -0.2) is 4.39 Å². The molecule has 0 bridgehead atoms. The van der Waals surface area contributed by atoms with Gasteiger partial charge in [0.15, 0.2) is 0 Å². The molecule has 0 atom stereocenters. The van der Waals surface area contributed by atoms with Crippen LogP contribution in [0.3, 0.4) is 0 Å². The molecule has 0 unspecified atom stereocenters. The molecule has 1 saturated heterocycles. The first-order valence-corrected chi connectivity index (χ1v) is 8.95. The van der Waals surface area contributed by atoms with Gasteiger partial charge >= 0.3 is 7.12 Å². The maximum absolute atomic E-state index is 13.7. The number of amides is 1. The molecule has 1 N–H and O–H groups in total. The Labute approximate surface area is 159 Å². The molecule has 0 radical (unpaired) electrons. The van der Waals surface area contributed by atoms with Crippen LogP contribution in [0.15, 0.2) is 36.5 Å². The lowest BCUT2D eigenvalue weighted by Gasteiger charge is -2.32. The molecule has 1 fully saturated rings. The van der Waals surface area contributed by atoms with Gasteiger partial charge in [-0.2, -0.15) is 0 Å². The Morgan fingerprint density at radius 1 is 1.15 bits per heavy atom. The molecule has 3 rings (SSSR count). The summed E-state index contributed by atoms with van der Waals surface area (Å²) in [6.07, 6.45) is 1.34. The molecule has 142 valence electrons. The SMILES string of the molecule is Cc1c(NC(=O)Cc2ncccc2F)cccc1B1OC(C)(C)C(C)(C)O1. The second-order valence-electron chi connectivity index (χ2n) is 7.76. The summed E-state index contributed by atoms with van der Waals surface area (Å²) >= 11 is 0. The lowest BCUT2D eigenvalue weighted by Crippen LogP contribution is -2.41. The molecule has 1 amide bonds. The van der Waals surface area contributed by atoms with Crippen LogP contribution in [0.4, 0.5) is 10.1 Å². The van der Waals surface area contributed by atoms with Gasteiger partial charge in [0.25, 0.3) is 0 Å². The number of rotatable bonds is 4. The molecule has 2 aromatic rings. The first kappa shape index (κ1) is 19.5. The number of nitrogens with zero attached hydrogens (tertiary/aromatic N) is 1. The van der Waals surface area contributed by atoms with E-state index in [0.29, 0.717) is 5.69 Å². The van der Waals surface area contributed by atoms with Crippen molar-refractivity contribution >= 4 is 24.2 Å². The maximum atomic E-state index is 13.7. The number of carbonyl (C=O) groups excluding carboxylic acids is 1. The third-order valence-corrected chi connectivity index (χ3v) is 5.32. The minimum absolute atomic E-state index is 0.120. The number of nitrogens with one attached hydrogen (secondary N) is 1. The zero-order valence-corrected chi connectivity index (χ0v) is 16.3. The van der Waals surface area contributed by atoms with Crippen molar-refractivity contribution < 1.29 is 18.5 Å². The van der Waals surface area contributed by atoms with Crippen LogP contribution < -0.4 is 10.8 Å². The standard InChI is InChI=1S/C20H24BFN2O3/c1-13-14(21-26-19(2,3)20(4,5)27-21)8-6-10-16(13)24-18(25)12-17-15(22)9-7-11-23-17/h6-11H,12H2,1-5H3,(H,24,25). The topological polar surface area (TPSA) is 60.5 Å². The van der Waals surface area contributed by atoms with Crippen LogP contribution in [0.2, 0.25) is 0 Å². The lowest BCUT2D eigenvalue weighted by atomic mass is 9.76. The monoisotopic (exact) mass is 370 g/mol. The van der Waals surface area contributed by atoms with E-state index in [2.05, 4.69) is 10.3 Å². The normalized spacial score (nSPS) is 17.8. The summed E-state index contributed by atoms with van der Waals surface area (Å²) in [5.41, 5.74) is 1.58. The predicted octanol–water partition coefficient (Wildman–Crippen LogP) is 3.01. The number of anilines is 1. The quantitative estimate of drug-likeness (QED) is 0.841. The van der Waals surface area contributed by atoms with E-state index < -0.39 is 24.1 Å². The van der Waals surface area contributed by atoms with E-state index in [4.69, 9.17) is 9.31 Å². The molecular formula is C20H24BFN2O3. The summed E-state index contributed by atoms with van der Waals surface area (Å²) in [5, 5.41) is 2.83. The van der Waals surface area contributed by atoms with Crippen molar-refractivity contribution in [2.24, 2.45) is 0 Å². The Balaban J connectivity index is 1.78. The van der Waals surface area contributed by atoms with Gasteiger partial charge in [0.2, 0.25) is 5.91 Å². The van der Waals surface area contributed by atoms with E-state index in [1.165, 1.54) is 18.3 Å². The number of aromatic nitrogens is 1. The Hall–Kier alpha value is -2.25. The highest BCUT2D eigenvalue weighted by molar-refractivity contribution is 6.62. The molecule has 5 nitrogen and oxygen atoms in total. The number of pyridine rings is 1. The van der Waals surface area contributed by atoms with E-state index in [0.717, 1.165) is 11.0 Å². The minimum Gasteiger partial charge on any atom is -0.399 e. The fourth-order valence-corrected chi connectivity index (χ4v) is 2.91. The van der Waals surface area contributed by atoms with Crippen LogP contribution in [0.1, 0.15) is 39.0 Å². The summed E-state index contributed by atoms with van der Waals surface area (Å²) in [4.78, 5) is 16.3. The predicted molar refractivity (Wildman–Crippen MR) is 103 cm³/mol. The van der Waals surface area contributed by atoms with Gasteiger partial charge in [-0.3, -0.25) is 9.78 Å². The molecule has 1 aromatic heterocycles. The highest BCUT2D eigenvalue weighted by Gasteiger charge is 2.52. The summed E-state index contributed by atoms with van der Waals surface area (Å²) in [7, 11) is -0.514. The average molecular weight is 370 g/mol. The number of hydrogen-bond donors (Lipinski definition) is 1. The highest BCUT2D eigenvalue weighted by Crippen LogP contribution is 2.37. The molecular weight excluding hydrogens is 346 g/mol. The van der Waals surface area contributed by atoms with Crippen molar-refractivity contribution in [3.63, 3.8) is 0 Å². The summed E-state index contributed by atoms with van der Waals surface area (Å²) in [6.45, 7) is 9.88. The van der Waals surface area contributed by atoms with Gasteiger partial charge in [-0.05, 0) is 63.8 Å².